The van der Waals surface area contributed by atoms with Crippen LogP contribution in [0.15, 0.2) is 29.4 Å². The number of sulfonamides is 1. The van der Waals surface area contributed by atoms with Crippen molar-refractivity contribution in [1.29, 1.82) is 0 Å². The van der Waals surface area contributed by atoms with E-state index in [1.807, 2.05) is 0 Å². The van der Waals surface area contributed by atoms with Crippen molar-refractivity contribution in [2.24, 2.45) is 5.92 Å². The molecular formula is C10H12N4O2S. The van der Waals surface area contributed by atoms with Crippen molar-refractivity contribution in [2.75, 3.05) is 6.54 Å². The maximum absolute atomic E-state index is 12.0. The summed E-state index contributed by atoms with van der Waals surface area (Å²) in [5.41, 5.74) is 0.496. The van der Waals surface area contributed by atoms with Gasteiger partial charge in [-0.1, -0.05) is 0 Å². The fraction of sp³-hybridized carbons (Fsp3) is 0.400. The minimum absolute atomic E-state index is 0.186. The quantitative estimate of drug-likeness (QED) is 0.855. The lowest BCUT2D eigenvalue weighted by atomic mass is 10.4. The van der Waals surface area contributed by atoms with Crippen LogP contribution in [0.3, 0.4) is 0 Å². The number of hydrogen-bond acceptors (Lipinski definition) is 4. The Morgan fingerprint density at radius 2 is 2.24 bits per heavy atom. The number of nitrogens with zero attached hydrogens (tertiary/aromatic N) is 3. The largest absolute Gasteiger partial charge is 0.244 e. The van der Waals surface area contributed by atoms with Crippen molar-refractivity contribution in [3.63, 3.8) is 0 Å². The zero-order valence-corrected chi connectivity index (χ0v) is 9.89. The highest BCUT2D eigenvalue weighted by Gasteiger charge is 2.26. The summed E-state index contributed by atoms with van der Waals surface area (Å²) >= 11 is 0. The van der Waals surface area contributed by atoms with E-state index in [0.29, 0.717) is 18.0 Å². The second-order valence-corrected chi connectivity index (χ2v) is 5.94. The van der Waals surface area contributed by atoms with Gasteiger partial charge in [-0.25, -0.2) is 13.1 Å². The Hall–Kier alpha value is -1.47. The molecule has 0 unspecified atom stereocenters. The zero-order valence-electron chi connectivity index (χ0n) is 9.07. The van der Waals surface area contributed by atoms with E-state index < -0.39 is 10.0 Å². The SMILES string of the molecule is O=S(=O)(NCC1CC1)c1cnn2ncccc12. The molecule has 0 saturated heterocycles. The van der Waals surface area contributed by atoms with E-state index in [1.54, 1.807) is 18.3 Å². The van der Waals surface area contributed by atoms with Crippen LogP contribution < -0.4 is 4.72 Å². The first-order valence-electron chi connectivity index (χ1n) is 5.45. The lowest BCUT2D eigenvalue weighted by Crippen LogP contribution is -2.25. The molecule has 0 bridgehead atoms. The maximum Gasteiger partial charge on any atom is 0.244 e. The van der Waals surface area contributed by atoms with Crippen molar-refractivity contribution in [1.82, 2.24) is 19.5 Å². The van der Waals surface area contributed by atoms with Gasteiger partial charge >= 0.3 is 0 Å². The fourth-order valence-electron chi connectivity index (χ4n) is 1.64. The summed E-state index contributed by atoms with van der Waals surface area (Å²) in [5, 5.41) is 7.85. The van der Waals surface area contributed by atoms with Crippen molar-refractivity contribution in [3.8, 4) is 0 Å². The summed E-state index contributed by atoms with van der Waals surface area (Å²) in [6.07, 6.45) is 5.11. The van der Waals surface area contributed by atoms with Gasteiger partial charge in [0, 0.05) is 12.7 Å². The molecule has 7 heteroatoms. The van der Waals surface area contributed by atoms with Gasteiger partial charge < -0.3 is 0 Å². The van der Waals surface area contributed by atoms with Gasteiger partial charge in [0.15, 0.2) is 0 Å². The highest BCUT2D eigenvalue weighted by atomic mass is 32.2. The summed E-state index contributed by atoms with van der Waals surface area (Å²) in [5.74, 6) is 0.504. The molecule has 1 fully saturated rings. The molecule has 0 aromatic carbocycles. The van der Waals surface area contributed by atoms with Crippen LogP contribution in [-0.4, -0.2) is 29.8 Å². The number of rotatable bonds is 4. The van der Waals surface area contributed by atoms with E-state index >= 15 is 0 Å². The van der Waals surface area contributed by atoms with Crippen LogP contribution in [0.2, 0.25) is 0 Å². The summed E-state index contributed by atoms with van der Waals surface area (Å²) in [7, 11) is -3.47. The maximum atomic E-state index is 12.0. The molecule has 0 radical (unpaired) electrons. The molecule has 2 aromatic heterocycles. The van der Waals surface area contributed by atoms with Gasteiger partial charge in [-0.15, -0.1) is 0 Å². The molecular weight excluding hydrogens is 240 g/mol. The lowest BCUT2D eigenvalue weighted by molar-refractivity contribution is 0.578. The number of aromatic nitrogens is 3. The van der Waals surface area contributed by atoms with Gasteiger partial charge in [0.1, 0.15) is 10.4 Å². The summed E-state index contributed by atoms with van der Waals surface area (Å²) in [6, 6.07) is 3.38. The molecule has 3 rings (SSSR count). The highest BCUT2D eigenvalue weighted by Crippen LogP contribution is 2.28. The third-order valence-corrected chi connectivity index (χ3v) is 4.26. The Balaban J connectivity index is 1.96. The van der Waals surface area contributed by atoms with E-state index in [1.165, 1.54) is 10.8 Å². The summed E-state index contributed by atoms with van der Waals surface area (Å²) in [6.45, 7) is 0.514. The van der Waals surface area contributed by atoms with Crippen LogP contribution in [0.5, 0.6) is 0 Å². The van der Waals surface area contributed by atoms with Crippen LogP contribution in [0.1, 0.15) is 12.8 Å². The van der Waals surface area contributed by atoms with Gasteiger partial charge in [0.2, 0.25) is 10.0 Å². The van der Waals surface area contributed by atoms with E-state index in [4.69, 9.17) is 0 Å². The zero-order chi connectivity index (χ0) is 11.9. The second kappa shape index (κ2) is 3.78. The van der Waals surface area contributed by atoms with Crippen LogP contribution in [0.4, 0.5) is 0 Å². The lowest BCUT2D eigenvalue weighted by Gasteiger charge is -2.03. The van der Waals surface area contributed by atoms with E-state index in [2.05, 4.69) is 14.9 Å². The van der Waals surface area contributed by atoms with Crippen molar-refractivity contribution >= 4 is 15.5 Å². The first-order valence-corrected chi connectivity index (χ1v) is 6.94. The van der Waals surface area contributed by atoms with Gasteiger partial charge in [-0.2, -0.15) is 14.8 Å². The molecule has 1 saturated carbocycles. The Labute approximate surface area is 98.7 Å². The minimum atomic E-state index is -3.47. The molecule has 1 N–H and O–H groups in total. The van der Waals surface area contributed by atoms with Gasteiger partial charge in [-0.05, 0) is 30.9 Å². The van der Waals surface area contributed by atoms with Crippen molar-refractivity contribution in [2.45, 2.75) is 17.7 Å². The Morgan fingerprint density at radius 3 is 3.00 bits per heavy atom. The Kier molecular flexibility index (Phi) is 2.37. The van der Waals surface area contributed by atoms with Gasteiger partial charge in [0.05, 0.1) is 6.20 Å². The second-order valence-electron chi connectivity index (χ2n) is 4.20. The fourth-order valence-corrected chi connectivity index (χ4v) is 2.87. The monoisotopic (exact) mass is 252 g/mol. The number of fused-ring (bicyclic) bond motifs is 1. The van der Waals surface area contributed by atoms with Gasteiger partial charge in [-0.3, -0.25) is 0 Å². The number of nitrogens with one attached hydrogen (secondary N) is 1. The van der Waals surface area contributed by atoms with E-state index in [0.717, 1.165) is 12.8 Å². The molecule has 17 heavy (non-hydrogen) atoms. The van der Waals surface area contributed by atoms with Crippen LogP contribution in [0.25, 0.3) is 5.52 Å². The first-order chi connectivity index (χ1) is 8.17. The molecule has 1 aliphatic rings. The normalized spacial score (nSPS) is 16.5. The predicted octanol–water partition coefficient (Wildman–Crippen LogP) is 0.418. The molecule has 0 amide bonds. The molecule has 0 atom stereocenters. The molecule has 1 aliphatic carbocycles. The standard InChI is InChI=1S/C10H12N4O2S/c15-17(16,13-6-8-3-4-8)10-7-12-14-9(10)2-1-5-11-14/h1-2,5,7-8,13H,3-4,6H2. The Morgan fingerprint density at radius 1 is 1.41 bits per heavy atom. The van der Waals surface area contributed by atoms with Gasteiger partial charge in [0.25, 0.3) is 0 Å². The molecule has 2 heterocycles. The molecule has 0 spiro atoms. The molecule has 0 aliphatic heterocycles. The summed E-state index contributed by atoms with van der Waals surface area (Å²) < 4.78 is 28.0. The third kappa shape index (κ3) is 2.03. The minimum Gasteiger partial charge on any atom is -0.211 e. The molecule has 90 valence electrons. The van der Waals surface area contributed by atoms with Crippen LogP contribution in [-0.2, 0) is 10.0 Å². The van der Waals surface area contributed by atoms with E-state index in [-0.39, 0.29) is 4.90 Å². The first kappa shape index (κ1) is 10.7. The molecule has 2 aromatic rings. The van der Waals surface area contributed by atoms with Crippen molar-refractivity contribution in [3.05, 3.63) is 24.5 Å². The third-order valence-electron chi connectivity index (χ3n) is 2.82. The summed E-state index contributed by atoms with van der Waals surface area (Å²) in [4.78, 5) is 0.186. The average molecular weight is 252 g/mol. The highest BCUT2D eigenvalue weighted by molar-refractivity contribution is 7.89. The van der Waals surface area contributed by atoms with E-state index in [9.17, 15) is 8.42 Å². The Bertz CT molecular complexity index is 645. The smallest absolute Gasteiger partial charge is 0.211 e. The van der Waals surface area contributed by atoms with Crippen molar-refractivity contribution < 1.29 is 8.42 Å². The van der Waals surface area contributed by atoms with Crippen LogP contribution >= 0.6 is 0 Å². The molecule has 6 nitrogen and oxygen atoms in total. The van der Waals surface area contributed by atoms with Crippen LogP contribution in [0, 0.1) is 5.92 Å². The average Bonchev–Trinajstić information content (AvgIpc) is 3.04. The number of hydrogen-bond donors (Lipinski definition) is 1. The predicted molar refractivity (Wildman–Crippen MR) is 60.9 cm³/mol. The topological polar surface area (TPSA) is 76.4 Å².